The molecule has 2 aliphatic heterocycles. The van der Waals surface area contributed by atoms with Gasteiger partial charge in [-0.3, -0.25) is 4.79 Å². The van der Waals surface area contributed by atoms with Crippen LogP contribution in [0.3, 0.4) is 0 Å². The van der Waals surface area contributed by atoms with E-state index in [-0.39, 0.29) is 5.91 Å². The van der Waals surface area contributed by atoms with E-state index in [0.717, 1.165) is 63.5 Å². The van der Waals surface area contributed by atoms with Gasteiger partial charge in [0.1, 0.15) is 5.75 Å². The molecule has 0 radical (unpaired) electrons. The van der Waals surface area contributed by atoms with Crippen LogP contribution in [0.1, 0.15) is 32.6 Å². The number of benzene rings is 1. The average Bonchev–Trinajstić information content (AvgIpc) is 3.14. The van der Waals surface area contributed by atoms with Gasteiger partial charge in [-0.05, 0) is 38.3 Å². The van der Waals surface area contributed by atoms with Crippen LogP contribution in [0.4, 0.5) is 5.69 Å². The second-order valence-corrected chi connectivity index (χ2v) is 6.44. The summed E-state index contributed by atoms with van der Waals surface area (Å²) in [6, 6.07) is 8.15. The second kappa shape index (κ2) is 8.38. The first-order valence-electron chi connectivity index (χ1n) is 9.14. The van der Waals surface area contributed by atoms with E-state index >= 15 is 0 Å². The highest BCUT2D eigenvalue weighted by molar-refractivity contribution is 5.76. The van der Waals surface area contributed by atoms with Crippen LogP contribution in [0, 0.1) is 0 Å². The van der Waals surface area contributed by atoms with Gasteiger partial charge in [-0.15, -0.1) is 0 Å². The Morgan fingerprint density at radius 3 is 2.75 bits per heavy atom. The molecule has 5 heteroatoms. The summed E-state index contributed by atoms with van der Waals surface area (Å²) in [7, 11) is 0. The van der Waals surface area contributed by atoms with Gasteiger partial charge in [0.15, 0.2) is 0 Å². The number of rotatable bonds is 6. The number of ether oxygens (including phenoxy) is 2. The molecular weight excluding hydrogens is 304 g/mol. The van der Waals surface area contributed by atoms with Crippen molar-refractivity contribution >= 4 is 11.6 Å². The molecule has 2 saturated heterocycles. The molecular formula is C19H28N2O3. The monoisotopic (exact) mass is 332 g/mol. The van der Waals surface area contributed by atoms with Gasteiger partial charge in [-0.2, -0.15) is 0 Å². The lowest BCUT2D eigenvalue weighted by atomic mass is 10.1. The first-order chi connectivity index (χ1) is 11.8. The first kappa shape index (κ1) is 17.1. The summed E-state index contributed by atoms with van der Waals surface area (Å²) in [6.07, 6.45) is 4.02. The highest BCUT2D eigenvalue weighted by atomic mass is 16.5. The summed E-state index contributed by atoms with van der Waals surface area (Å²) in [5.74, 6) is 1.20. The number of hydrogen-bond donors (Lipinski definition) is 0. The van der Waals surface area contributed by atoms with Crippen LogP contribution < -0.4 is 9.64 Å². The zero-order chi connectivity index (χ0) is 16.8. The summed E-state index contributed by atoms with van der Waals surface area (Å²) in [5.41, 5.74) is 1.13. The molecule has 0 unspecified atom stereocenters. The predicted molar refractivity (Wildman–Crippen MR) is 94.6 cm³/mol. The molecule has 24 heavy (non-hydrogen) atoms. The third-order valence-corrected chi connectivity index (χ3v) is 4.84. The summed E-state index contributed by atoms with van der Waals surface area (Å²) in [4.78, 5) is 16.7. The summed E-state index contributed by atoms with van der Waals surface area (Å²) < 4.78 is 11.3. The maximum absolute atomic E-state index is 12.4. The molecule has 0 aliphatic carbocycles. The number of amides is 1. The van der Waals surface area contributed by atoms with Gasteiger partial charge >= 0.3 is 0 Å². The van der Waals surface area contributed by atoms with Crippen molar-refractivity contribution in [3.05, 3.63) is 24.3 Å². The third-order valence-electron chi connectivity index (χ3n) is 4.84. The Morgan fingerprint density at radius 2 is 2.04 bits per heavy atom. The van der Waals surface area contributed by atoms with Crippen molar-refractivity contribution in [2.24, 2.45) is 0 Å². The van der Waals surface area contributed by atoms with Crippen molar-refractivity contribution in [1.29, 1.82) is 0 Å². The van der Waals surface area contributed by atoms with Crippen LogP contribution in [0.25, 0.3) is 0 Å². The maximum atomic E-state index is 12.4. The van der Waals surface area contributed by atoms with Crippen LogP contribution in [0.2, 0.25) is 0 Å². The van der Waals surface area contributed by atoms with Gasteiger partial charge in [0.25, 0.3) is 0 Å². The first-order valence-corrected chi connectivity index (χ1v) is 9.14. The molecule has 0 bridgehead atoms. The SMILES string of the molecule is CCOc1ccccc1N1CCN(C(=O)CC[C@H]2CCCO2)CC1. The molecule has 132 valence electrons. The largest absolute Gasteiger partial charge is 0.492 e. The molecule has 0 saturated carbocycles. The molecule has 2 aliphatic rings. The van der Waals surface area contributed by atoms with Crippen molar-refractivity contribution in [2.75, 3.05) is 44.3 Å². The zero-order valence-electron chi connectivity index (χ0n) is 14.6. The van der Waals surface area contributed by atoms with Crippen LogP contribution in [-0.4, -0.2) is 56.3 Å². The normalized spacial score (nSPS) is 21.1. The van der Waals surface area contributed by atoms with Gasteiger partial charge in [0, 0.05) is 39.2 Å². The van der Waals surface area contributed by atoms with Crippen LogP contribution in [0.5, 0.6) is 5.75 Å². The standard InChI is InChI=1S/C19H28N2O3/c1-2-23-18-8-4-3-7-17(18)20-11-13-21(14-12-20)19(22)10-9-16-6-5-15-24-16/h3-4,7-8,16H,2,5-6,9-15H2,1H3/t16-/m1/s1. The molecule has 1 atom stereocenters. The predicted octanol–water partition coefficient (Wildman–Crippen LogP) is 2.69. The van der Waals surface area contributed by atoms with E-state index in [2.05, 4.69) is 11.0 Å². The number of piperazine rings is 1. The van der Waals surface area contributed by atoms with Gasteiger partial charge < -0.3 is 19.3 Å². The molecule has 2 fully saturated rings. The van der Waals surface area contributed by atoms with E-state index in [1.807, 2.05) is 30.0 Å². The van der Waals surface area contributed by atoms with E-state index in [1.165, 1.54) is 0 Å². The Hall–Kier alpha value is -1.75. The lowest BCUT2D eigenvalue weighted by Gasteiger charge is -2.36. The Labute approximate surface area is 144 Å². The number of carbonyl (C=O) groups is 1. The van der Waals surface area contributed by atoms with E-state index < -0.39 is 0 Å². The highest BCUT2D eigenvalue weighted by Crippen LogP contribution is 2.29. The van der Waals surface area contributed by atoms with Crippen LogP contribution in [-0.2, 0) is 9.53 Å². The number of hydrogen-bond acceptors (Lipinski definition) is 4. The minimum absolute atomic E-state index is 0.267. The molecule has 3 rings (SSSR count). The quantitative estimate of drug-likeness (QED) is 0.803. The number of anilines is 1. The topological polar surface area (TPSA) is 42.0 Å². The summed E-state index contributed by atoms with van der Waals surface area (Å²) in [6.45, 7) is 6.80. The van der Waals surface area contributed by atoms with Crippen LogP contribution in [0.15, 0.2) is 24.3 Å². The molecule has 1 aromatic carbocycles. The molecule has 0 aromatic heterocycles. The van der Waals surface area contributed by atoms with Gasteiger partial charge in [0.05, 0.1) is 18.4 Å². The Morgan fingerprint density at radius 1 is 1.25 bits per heavy atom. The van der Waals surface area contributed by atoms with E-state index in [9.17, 15) is 4.79 Å². The van der Waals surface area contributed by atoms with E-state index in [0.29, 0.717) is 19.1 Å². The maximum Gasteiger partial charge on any atom is 0.222 e. The van der Waals surface area contributed by atoms with Crippen molar-refractivity contribution in [3.8, 4) is 5.75 Å². The van der Waals surface area contributed by atoms with Crippen molar-refractivity contribution in [2.45, 2.75) is 38.7 Å². The lowest BCUT2D eigenvalue weighted by Crippen LogP contribution is -2.49. The van der Waals surface area contributed by atoms with Gasteiger partial charge in [0.2, 0.25) is 5.91 Å². The summed E-state index contributed by atoms with van der Waals surface area (Å²) >= 11 is 0. The van der Waals surface area contributed by atoms with E-state index in [1.54, 1.807) is 0 Å². The number of carbonyl (C=O) groups excluding carboxylic acids is 1. The molecule has 2 heterocycles. The fraction of sp³-hybridized carbons (Fsp3) is 0.632. The zero-order valence-corrected chi connectivity index (χ0v) is 14.6. The minimum atomic E-state index is 0.267. The highest BCUT2D eigenvalue weighted by Gasteiger charge is 2.24. The molecule has 0 spiro atoms. The Balaban J connectivity index is 1.49. The molecule has 1 aromatic rings. The Kier molecular flexibility index (Phi) is 5.96. The fourth-order valence-corrected chi connectivity index (χ4v) is 3.51. The summed E-state index contributed by atoms with van der Waals surface area (Å²) in [5, 5.41) is 0. The smallest absolute Gasteiger partial charge is 0.222 e. The van der Waals surface area contributed by atoms with E-state index in [4.69, 9.17) is 9.47 Å². The molecule has 1 amide bonds. The van der Waals surface area contributed by atoms with Crippen molar-refractivity contribution in [1.82, 2.24) is 4.90 Å². The number of nitrogens with zero attached hydrogens (tertiary/aromatic N) is 2. The Bertz CT molecular complexity index is 535. The van der Waals surface area contributed by atoms with Gasteiger partial charge in [-0.25, -0.2) is 0 Å². The van der Waals surface area contributed by atoms with Crippen LogP contribution >= 0.6 is 0 Å². The lowest BCUT2D eigenvalue weighted by molar-refractivity contribution is -0.132. The molecule has 0 N–H and O–H groups in total. The average molecular weight is 332 g/mol. The molecule has 5 nitrogen and oxygen atoms in total. The van der Waals surface area contributed by atoms with Gasteiger partial charge in [-0.1, -0.05) is 12.1 Å². The third kappa shape index (κ3) is 4.20. The second-order valence-electron chi connectivity index (χ2n) is 6.44. The van der Waals surface area contributed by atoms with Crippen molar-refractivity contribution in [3.63, 3.8) is 0 Å². The number of para-hydroxylation sites is 2. The minimum Gasteiger partial charge on any atom is -0.492 e. The fourth-order valence-electron chi connectivity index (χ4n) is 3.51. The van der Waals surface area contributed by atoms with Crippen molar-refractivity contribution < 1.29 is 14.3 Å².